The molecule has 3 aromatic heterocycles. The van der Waals surface area contributed by atoms with Crippen molar-refractivity contribution in [3.63, 3.8) is 0 Å². The lowest BCUT2D eigenvalue weighted by Crippen LogP contribution is -2.35. The van der Waals surface area contributed by atoms with Gasteiger partial charge >= 0.3 is 0 Å². The fourth-order valence-corrected chi connectivity index (χ4v) is 6.04. The number of carbonyl (C=O) groups excluding carboxylic acids is 1. The van der Waals surface area contributed by atoms with Gasteiger partial charge < -0.3 is 4.57 Å². The van der Waals surface area contributed by atoms with Crippen LogP contribution in [0.3, 0.4) is 0 Å². The lowest BCUT2D eigenvalue weighted by atomic mass is 10.2. The third kappa shape index (κ3) is 3.48. The van der Waals surface area contributed by atoms with Crippen molar-refractivity contribution in [1.82, 2.24) is 24.1 Å². The molecule has 1 N–H and O–H groups in total. The van der Waals surface area contributed by atoms with Crippen molar-refractivity contribution >= 4 is 55.3 Å². The Morgan fingerprint density at radius 2 is 1.94 bits per heavy atom. The topological polar surface area (TPSA) is 110 Å². The summed E-state index contributed by atoms with van der Waals surface area (Å²) < 4.78 is 29.5. The maximum absolute atomic E-state index is 13.1. The summed E-state index contributed by atoms with van der Waals surface area (Å²) in [4.78, 5) is 17.5. The number of hydrogen-bond donors (Lipinski definition) is 1. The Kier molecular flexibility index (Phi) is 4.95. The van der Waals surface area contributed by atoms with E-state index < -0.39 is 10.0 Å². The number of hydrogen-bond acceptors (Lipinski definition) is 7. The molecule has 4 aromatic rings. The molecule has 0 saturated carbocycles. The summed E-state index contributed by atoms with van der Waals surface area (Å²) in [5.74, 6) is -0.206. The number of piperidine rings is 1. The minimum Gasteiger partial charge on any atom is -0.327 e. The van der Waals surface area contributed by atoms with Gasteiger partial charge in [0.05, 0.1) is 15.3 Å². The largest absolute Gasteiger partial charge is 0.327 e. The molecule has 0 bridgehead atoms. The molecule has 9 nitrogen and oxygen atoms in total. The molecule has 4 heterocycles. The average Bonchev–Trinajstić information content (AvgIpc) is 3.42. The lowest BCUT2D eigenvalue weighted by Gasteiger charge is -2.25. The van der Waals surface area contributed by atoms with Gasteiger partial charge in [0, 0.05) is 25.5 Å². The van der Waals surface area contributed by atoms with Crippen LogP contribution in [-0.4, -0.2) is 51.5 Å². The number of amides is 1. The molecule has 0 atom stereocenters. The second kappa shape index (κ2) is 7.66. The number of nitrogens with one attached hydrogen (secondary N) is 1. The van der Waals surface area contributed by atoms with Crippen LogP contribution >= 0.6 is 11.3 Å². The van der Waals surface area contributed by atoms with Gasteiger partial charge in [0.2, 0.25) is 10.0 Å². The first-order valence-corrected chi connectivity index (χ1v) is 12.2. The van der Waals surface area contributed by atoms with Gasteiger partial charge in [-0.25, -0.2) is 8.42 Å². The van der Waals surface area contributed by atoms with Gasteiger partial charge in [-0.3, -0.25) is 10.1 Å². The number of aromatic nitrogens is 4. The first-order valence-electron chi connectivity index (χ1n) is 9.93. The van der Waals surface area contributed by atoms with E-state index >= 15 is 0 Å². The van der Waals surface area contributed by atoms with Crippen molar-refractivity contribution in [3.05, 3.63) is 40.6 Å². The lowest BCUT2D eigenvalue weighted by molar-refractivity contribution is 0.102. The second-order valence-electron chi connectivity index (χ2n) is 7.44. The smallest absolute Gasteiger partial charge is 0.268 e. The number of aryl methyl sites for hydroxylation is 1. The highest BCUT2D eigenvalue weighted by Gasteiger charge is 2.27. The zero-order valence-electron chi connectivity index (χ0n) is 16.8. The Labute approximate surface area is 182 Å². The highest BCUT2D eigenvalue weighted by molar-refractivity contribution is 7.89. The highest BCUT2D eigenvalue weighted by atomic mass is 32.2. The first kappa shape index (κ1) is 20.0. The molecule has 0 aliphatic carbocycles. The summed E-state index contributed by atoms with van der Waals surface area (Å²) in [7, 11) is -1.74. The van der Waals surface area contributed by atoms with E-state index in [0.717, 1.165) is 24.8 Å². The molecule has 0 radical (unpaired) electrons. The van der Waals surface area contributed by atoms with Gasteiger partial charge in [0.15, 0.2) is 5.65 Å². The molecule has 11 heteroatoms. The number of rotatable bonds is 4. The predicted molar refractivity (Wildman–Crippen MR) is 119 cm³/mol. The predicted octanol–water partition coefficient (Wildman–Crippen LogP) is 3.00. The van der Waals surface area contributed by atoms with E-state index in [1.165, 1.54) is 11.3 Å². The maximum atomic E-state index is 13.1. The Morgan fingerprint density at radius 3 is 2.68 bits per heavy atom. The number of benzene rings is 1. The fraction of sp³-hybridized carbons (Fsp3) is 0.300. The van der Waals surface area contributed by atoms with Crippen LogP contribution in [0, 0.1) is 0 Å². The maximum Gasteiger partial charge on any atom is 0.268 e. The molecular weight excluding hydrogens is 436 g/mol. The summed E-state index contributed by atoms with van der Waals surface area (Å²) in [6, 6.07) is 8.54. The minimum atomic E-state index is -3.56. The van der Waals surface area contributed by atoms with Crippen molar-refractivity contribution < 1.29 is 13.2 Å². The fourth-order valence-electron chi connectivity index (χ4n) is 3.88. The Balaban J connectivity index is 1.54. The molecular formula is C20H20N6O3S2. The monoisotopic (exact) mass is 456 g/mol. The van der Waals surface area contributed by atoms with E-state index in [2.05, 4.69) is 20.5 Å². The molecule has 1 aliphatic rings. The van der Waals surface area contributed by atoms with E-state index in [-0.39, 0.29) is 16.8 Å². The third-order valence-electron chi connectivity index (χ3n) is 5.49. The first-order chi connectivity index (χ1) is 14.9. The zero-order chi connectivity index (χ0) is 21.6. The van der Waals surface area contributed by atoms with E-state index in [1.807, 2.05) is 17.0 Å². The Morgan fingerprint density at radius 1 is 1.13 bits per heavy atom. The molecule has 31 heavy (non-hydrogen) atoms. The van der Waals surface area contributed by atoms with Crippen LogP contribution in [0.5, 0.6) is 0 Å². The molecule has 1 aliphatic heterocycles. The molecule has 0 unspecified atom stereocenters. The quantitative estimate of drug-likeness (QED) is 0.505. The zero-order valence-corrected chi connectivity index (χ0v) is 18.4. The van der Waals surface area contributed by atoms with E-state index in [0.29, 0.717) is 34.5 Å². The number of carbonyl (C=O) groups is 1. The highest BCUT2D eigenvalue weighted by Crippen LogP contribution is 2.29. The summed E-state index contributed by atoms with van der Waals surface area (Å²) >= 11 is 1.32. The number of thiophene rings is 1. The van der Waals surface area contributed by atoms with E-state index in [4.69, 9.17) is 0 Å². The number of sulfonamides is 1. The van der Waals surface area contributed by atoms with Gasteiger partial charge in [-0.05, 0) is 42.5 Å². The van der Waals surface area contributed by atoms with E-state index in [9.17, 15) is 13.2 Å². The van der Waals surface area contributed by atoms with E-state index in [1.54, 1.807) is 34.6 Å². The van der Waals surface area contributed by atoms with Crippen LogP contribution in [0.1, 0.15) is 28.9 Å². The van der Waals surface area contributed by atoms with Gasteiger partial charge in [0.1, 0.15) is 5.52 Å². The van der Waals surface area contributed by atoms with Crippen molar-refractivity contribution in [1.29, 1.82) is 0 Å². The molecule has 1 saturated heterocycles. The number of nitrogens with zero attached hydrogens (tertiary/aromatic N) is 5. The van der Waals surface area contributed by atoms with Crippen molar-refractivity contribution in [2.75, 3.05) is 18.4 Å². The van der Waals surface area contributed by atoms with Gasteiger partial charge in [-0.1, -0.05) is 12.5 Å². The number of anilines is 1. The molecule has 0 spiro atoms. The molecule has 160 valence electrons. The SMILES string of the molecule is Cn1c2ccc(S(=O)(=O)N3CCCCC3)cc2c2nnc(NC(=O)c3cccs3)nc21. The Bertz CT molecular complexity index is 1390. The summed E-state index contributed by atoms with van der Waals surface area (Å²) in [5, 5.41) is 13.4. The average molecular weight is 457 g/mol. The van der Waals surface area contributed by atoms with Crippen LogP contribution in [0.4, 0.5) is 5.95 Å². The number of fused-ring (bicyclic) bond motifs is 3. The van der Waals surface area contributed by atoms with Crippen molar-refractivity contribution in [2.24, 2.45) is 7.05 Å². The summed E-state index contributed by atoms with van der Waals surface area (Å²) in [6.45, 7) is 1.09. The normalized spacial score (nSPS) is 15.5. The van der Waals surface area contributed by atoms with Crippen molar-refractivity contribution in [2.45, 2.75) is 24.2 Å². The molecule has 1 aromatic carbocycles. The van der Waals surface area contributed by atoms with Crippen LogP contribution in [0.15, 0.2) is 40.6 Å². The Hall–Kier alpha value is -2.89. The van der Waals surface area contributed by atoms with Crippen molar-refractivity contribution in [3.8, 4) is 0 Å². The van der Waals surface area contributed by atoms with Crippen LogP contribution in [-0.2, 0) is 17.1 Å². The van der Waals surface area contributed by atoms with Crippen LogP contribution < -0.4 is 5.32 Å². The molecule has 1 amide bonds. The third-order valence-corrected chi connectivity index (χ3v) is 8.26. The molecule has 5 rings (SSSR count). The molecule has 1 fully saturated rings. The summed E-state index contributed by atoms with van der Waals surface area (Å²) in [5.41, 5.74) is 1.79. The van der Waals surface area contributed by atoms with Gasteiger partial charge in [-0.15, -0.1) is 21.5 Å². The van der Waals surface area contributed by atoms with Gasteiger partial charge in [0.25, 0.3) is 11.9 Å². The van der Waals surface area contributed by atoms with Crippen LogP contribution in [0.2, 0.25) is 0 Å². The second-order valence-corrected chi connectivity index (χ2v) is 10.3. The summed E-state index contributed by atoms with van der Waals surface area (Å²) in [6.07, 6.45) is 2.82. The minimum absolute atomic E-state index is 0.0953. The standard InChI is InChI=1S/C20H20N6O3S2/c1-25-15-8-7-13(31(28,29)26-9-3-2-4-10-26)12-14(15)17-18(25)21-20(24-23-17)22-19(27)16-6-5-11-30-16/h5-8,11-12H,2-4,9-10H2,1H3,(H,21,22,24,27). The van der Waals surface area contributed by atoms with Gasteiger partial charge in [-0.2, -0.15) is 9.29 Å². The van der Waals surface area contributed by atoms with Crippen LogP contribution in [0.25, 0.3) is 22.1 Å².